The fourth-order valence-electron chi connectivity index (χ4n) is 3.82. The molecule has 1 heterocycles. The van der Waals surface area contributed by atoms with Gasteiger partial charge in [0.1, 0.15) is 11.2 Å². The second-order valence-corrected chi connectivity index (χ2v) is 9.87. The molecule has 39 heavy (non-hydrogen) atoms. The maximum absolute atomic E-state index is 14.7. The topological polar surface area (TPSA) is 107 Å². The zero-order valence-electron chi connectivity index (χ0n) is 21.6. The number of nitrogens with one attached hydrogen (secondary N) is 1. The number of aromatic nitrogens is 1. The molecule has 1 amide bonds. The van der Waals surface area contributed by atoms with Crippen LogP contribution in [0.1, 0.15) is 35.5 Å². The van der Waals surface area contributed by atoms with Crippen molar-refractivity contribution in [2.75, 3.05) is 27.4 Å². The van der Waals surface area contributed by atoms with Gasteiger partial charge in [-0.1, -0.05) is 11.6 Å². The normalized spacial score (nSPS) is 13.5. The van der Waals surface area contributed by atoms with Crippen molar-refractivity contribution in [1.82, 2.24) is 10.3 Å². The number of aliphatic hydroxyl groups is 1. The third-order valence-corrected chi connectivity index (χ3v) is 6.57. The number of nitrogens with two attached hydrogens (primary N) is 1. The van der Waals surface area contributed by atoms with E-state index in [0.29, 0.717) is 5.75 Å². The Hall–Kier alpha value is -3.41. The summed E-state index contributed by atoms with van der Waals surface area (Å²) in [5.74, 6) is -1.03. The first kappa shape index (κ1) is 30.1. The molecular formula is C27H28ClF4N3O4. The van der Waals surface area contributed by atoms with E-state index in [4.69, 9.17) is 26.8 Å². The molecule has 3 aromatic rings. The van der Waals surface area contributed by atoms with Crippen molar-refractivity contribution in [1.29, 1.82) is 0 Å². The van der Waals surface area contributed by atoms with Crippen molar-refractivity contribution in [3.63, 3.8) is 0 Å². The Labute approximate surface area is 227 Å². The maximum Gasteiger partial charge on any atom is 0.403 e. The Morgan fingerprint density at radius 3 is 2.26 bits per heavy atom. The van der Waals surface area contributed by atoms with E-state index in [1.165, 1.54) is 50.6 Å². The molecule has 0 spiro atoms. The molecule has 3 rings (SSSR count). The van der Waals surface area contributed by atoms with Crippen LogP contribution < -0.4 is 20.5 Å². The number of methoxy groups -OCH3 is 2. The summed E-state index contributed by atoms with van der Waals surface area (Å²) in [6.07, 6.45) is -5.06. The molecule has 0 radical (unpaired) electrons. The van der Waals surface area contributed by atoms with Gasteiger partial charge in [0.2, 0.25) is 0 Å². The van der Waals surface area contributed by atoms with Gasteiger partial charge in [0, 0.05) is 23.2 Å². The van der Waals surface area contributed by atoms with E-state index in [2.05, 4.69) is 10.3 Å². The predicted molar refractivity (Wildman–Crippen MR) is 139 cm³/mol. The number of hydrogen-bond donors (Lipinski definition) is 3. The van der Waals surface area contributed by atoms with Crippen LogP contribution in [0.3, 0.4) is 0 Å². The van der Waals surface area contributed by atoms with Crippen LogP contribution in [0.4, 0.5) is 17.6 Å². The number of benzene rings is 2. The second-order valence-electron chi connectivity index (χ2n) is 9.47. The number of halogens is 5. The molecule has 0 saturated carbocycles. The first-order valence-corrected chi connectivity index (χ1v) is 12.0. The third-order valence-electron chi connectivity index (χ3n) is 6.28. The lowest BCUT2D eigenvalue weighted by Crippen LogP contribution is -2.54. The fourth-order valence-corrected chi connectivity index (χ4v) is 4.00. The van der Waals surface area contributed by atoms with Crippen molar-refractivity contribution in [2.24, 2.45) is 5.73 Å². The molecule has 7 nitrogen and oxygen atoms in total. The molecule has 1 aromatic heterocycles. The SMILES string of the molecule is COc1ccc(C(=O)NCC(CO)(c2cc(C(C)(C)N)cc(-c3ccc(F)c(Cl)c3)n2)C(F)(F)F)cc1OC. The van der Waals surface area contributed by atoms with Gasteiger partial charge < -0.3 is 25.6 Å². The van der Waals surface area contributed by atoms with Gasteiger partial charge >= 0.3 is 6.18 Å². The van der Waals surface area contributed by atoms with Crippen LogP contribution in [0.25, 0.3) is 11.3 Å². The highest BCUT2D eigenvalue weighted by Gasteiger charge is 2.57. The van der Waals surface area contributed by atoms with E-state index in [0.717, 1.165) is 12.1 Å². The van der Waals surface area contributed by atoms with E-state index >= 15 is 0 Å². The van der Waals surface area contributed by atoms with E-state index in [1.807, 2.05) is 0 Å². The number of aliphatic hydroxyl groups excluding tert-OH is 1. The summed E-state index contributed by atoms with van der Waals surface area (Å²) in [6.45, 7) is 0.681. The summed E-state index contributed by atoms with van der Waals surface area (Å²) in [6, 6.07) is 10.3. The maximum atomic E-state index is 14.7. The average molecular weight is 570 g/mol. The second kappa shape index (κ2) is 11.4. The van der Waals surface area contributed by atoms with Gasteiger partial charge in [-0.2, -0.15) is 13.2 Å². The van der Waals surface area contributed by atoms with Gasteiger partial charge in [-0.3, -0.25) is 9.78 Å². The van der Waals surface area contributed by atoms with Gasteiger partial charge in [0.25, 0.3) is 5.91 Å². The number of alkyl halides is 3. The molecule has 0 aliphatic heterocycles. The van der Waals surface area contributed by atoms with Crippen LogP contribution >= 0.6 is 11.6 Å². The molecule has 2 aromatic carbocycles. The van der Waals surface area contributed by atoms with Gasteiger partial charge in [-0.05, 0) is 67.9 Å². The Balaban J connectivity index is 2.12. The van der Waals surface area contributed by atoms with Crippen molar-refractivity contribution in [3.05, 3.63) is 76.2 Å². The van der Waals surface area contributed by atoms with Crippen LogP contribution in [0.2, 0.25) is 5.02 Å². The molecule has 0 bridgehead atoms. The van der Waals surface area contributed by atoms with Gasteiger partial charge in [-0.25, -0.2) is 4.39 Å². The van der Waals surface area contributed by atoms with Crippen molar-refractivity contribution >= 4 is 17.5 Å². The lowest BCUT2D eigenvalue weighted by Gasteiger charge is -2.35. The number of pyridine rings is 1. The first-order valence-electron chi connectivity index (χ1n) is 11.6. The summed E-state index contributed by atoms with van der Waals surface area (Å²) in [7, 11) is 2.75. The standard InChI is InChI=1S/C27H28ClF4N3O4/c1-25(2,33)17-11-20(15-5-7-19(29)18(28)9-15)35-23(12-17)26(14-36,27(30,31)32)13-34-24(37)16-6-8-21(38-3)22(10-16)39-4/h5-12,36H,13-14,33H2,1-4H3,(H,34,37). The van der Waals surface area contributed by atoms with Crippen LogP contribution in [0, 0.1) is 5.82 Å². The smallest absolute Gasteiger partial charge is 0.403 e. The van der Waals surface area contributed by atoms with Crippen molar-refractivity contribution < 1.29 is 36.9 Å². The minimum Gasteiger partial charge on any atom is -0.493 e. The molecule has 210 valence electrons. The third kappa shape index (κ3) is 6.26. The number of amides is 1. The number of nitrogens with zero attached hydrogens (tertiary/aromatic N) is 1. The zero-order chi connectivity index (χ0) is 29.2. The monoisotopic (exact) mass is 569 g/mol. The predicted octanol–water partition coefficient (Wildman–Crippen LogP) is 4.97. The van der Waals surface area contributed by atoms with Crippen molar-refractivity contribution in [2.45, 2.75) is 31.0 Å². The Morgan fingerprint density at radius 2 is 1.72 bits per heavy atom. The highest BCUT2D eigenvalue weighted by Crippen LogP contribution is 2.42. The van der Waals surface area contributed by atoms with E-state index in [1.54, 1.807) is 13.8 Å². The zero-order valence-corrected chi connectivity index (χ0v) is 22.4. The Morgan fingerprint density at radius 1 is 1.05 bits per heavy atom. The van der Waals surface area contributed by atoms with Gasteiger partial charge in [0.15, 0.2) is 11.5 Å². The van der Waals surface area contributed by atoms with Crippen LogP contribution in [0.15, 0.2) is 48.5 Å². The quantitative estimate of drug-likeness (QED) is 0.314. The number of hydrogen-bond acceptors (Lipinski definition) is 6. The number of carbonyl (C=O) groups is 1. The highest BCUT2D eigenvalue weighted by atomic mass is 35.5. The summed E-state index contributed by atoms with van der Waals surface area (Å²) in [4.78, 5) is 17.1. The van der Waals surface area contributed by atoms with Crippen LogP contribution in [0.5, 0.6) is 11.5 Å². The van der Waals surface area contributed by atoms with E-state index in [-0.39, 0.29) is 33.2 Å². The molecule has 12 heteroatoms. The summed E-state index contributed by atoms with van der Waals surface area (Å²) >= 11 is 5.89. The first-order chi connectivity index (χ1) is 18.2. The Bertz CT molecular complexity index is 1360. The molecule has 0 fully saturated rings. The molecule has 4 N–H and O–H groups in total. The minimum atomic E-state index is -5.06. The molecule has 0 aliphatic rings. The summed E-state index contributed by atoms with van der Waals surface area (Å²) < 4.78 is 68.2. The summed E-state index contributed by atoms with van der Waals surface area (Å²) in [5, 5.41) is 12.2. The molecule has 0 aliphatic carbocycles. The molecule has 1 unspecified atom stereocenters. The molecular weight excluding hydrogens is 542 g/mol. The van der Waals surface area contributed by atoms with Gasteiger partial charge in [-0.15, -0.1) is 0 Å². The minimum absolute atomic E-state index is 0.00751. The fraction of sp³-hybridized carbons (Fsp3) is 0.333. The number of ether oxygens (including phenoxy) is 2. The highest BCUT2D eigenvalue weighted by molar-refractivity contribution is 6.31. The van der Waals surface area contributed by atoms with Crippen LogP contribution in [-0.4, -0.2) is 49.5 Å². The lowest BCUT2D eigenvalue weighted by molar-refractivity contribution is -0.200. The van der Waals surface area contributed by atoms with Crippen LogP contribution in [-0.2, 0) is 11.0 Å². The number of rotatable bonds is 9. The van der Waals surface area contributed by atoms with Crippen molar-refractivity contribution in [3.8, 4) is 22.8 Å². The average Bonchev–Trinajstić information content (AvgIpc) is 2.88. The Kier molecular flexibility index (Phi) is 8.79. The van der Waals surface area contributed by atoms with E-state index in [9.17, 15) is 27.5 Å². The lowest BCUT2D eigenvalue weighted by atomic mass is 9.81. The van der Waals surface area contributed by atoms with E-state index < -0.39 is 47.7 Å². The number of carbonyl (C=O) groups excluding carboxylic acids is 1. The molecule has 0 saturated heterocycles. The van der Waals surface area contributed by atoms with Gasteiger partial charge in [0.05, 0.1) is 37.2 Å². The molecule has 1 atom stereocenters. The largest absolute Gasteiger partial charge is 0.493 e. The summed E-state index contributed by atoms with van der Waals surface area (Å²) in [5.41, 5.74) is 2.03.